The highest BCUT2D eigenvalue weighted by atomic mass is 32.1. The predicted octanol–water partition coefficient (Wildman–Crippen LogP) is 5.01. The number of allylic oxidation sites excluding steroid dienone is 1. The molecule has 0 aliphatic rings. The second kappa shape index (κ2) is 8.42. The molecule has 0 aliphatic heterocycles. The Kier molecular flexibility index (Phi) is 5.78. The van der Waals surface area contributed by atoms with Gasteiger partial charge in [-0.3, -0.25) is 4.79 Å². The first kappa shape index (κ1) is 18.5. The molecule has 0 fully saturated rings. The van der Waals surface area contributed by atoms with Crippen LogP contribution in [0.15, 0.2) is 66.1 Å². The first-order chi connectivity index (χ1) is 13.1. The number of thiophene rings is 1. The molecule has 136 valence electrons. The van der Waals surface area contributed by atoms with Crippen molar-refractivity contribution in [2.75, 3.05) is 7.11 Å². The second-order valence-electron chi connectivity index (χ2n) is 5.45. The Labute approximate surface area is 159 Å². The molecule has 0 amide bonds. The first-order valence-electron chi connectivity index (χ1n) is 7.99. The minimum absolute atomic E-state index is 0.0796. The van der Waals surface area contributed by atoms with Gasteiger partial charge in [0.05, 0.1) is 12.7 Å². The Hall–Kier alpha value is -3.25. The Balaban J connectivity index is 1.88. The van der Waals surface area contributed by atoms with E-state index < -0.39 is 17.6 Å². The van der Waals surface area contributed by atoms with Gasteiger partial charge in [0.1, 0.15) is 22.2 Å². The van der Waals surface area contributed by atoms with Crippen LogP contribution in [0.4, 0.5) is 4.39 Å². The van der Waals surface area contributed by atoms with Crippen LogP contribution >= 0.6 is 11.3 Å². The lowest BCUT2D eigenvalue weighted by molar-refractivity contribution is 0.0738. The van der Waals surface area contributed by atoms with Crippen molar-refractivity contribution in [1.82, 2.24) is 0 Å². The maximum absolute atomic E-state index is 13.7. The van der Waals surface area contributed by atoms with E-state index in [4.69, 9.17) is 9.47 Å². The van der Waals surface area contributed by atoms with Gasteiger partial charge in [-0.15, -0.1) is 11.3 Å². The molecule has 4 nitrogen and oxygen atoms in total. The summed E-state index contributed by atoms with van der Waals surface area (Å²) in [7, 11) is 1.47. The van der Waals surface area contributed by atoms with E-state index in [0.717, 1.165) is 0 Å². The van der Waals surface area contributed by atoms with Crippen LogP contribution in [0.1, 0.15) is 25.6 Å². The van der Waals surface area contributed by atoms with E-state index in [1.807, 2.05) is 0 Å². The summed E-state index contributed by atoms with van der Waals surface area (Å²) in [6.07, 6.45) is 2.62. The van der Waals surface area contributed by atoms with Gasteiger partial charge in [-0.1, -0.05) is 24.3 Å². The average Bonchev–Trinajstić information content (AvgIpc) is 3.22. The summed E-state index contributed by atoms with van der Waals surface area (Å²) >= 11 is 1.24. The van der Waals surface area contributed by atoms with Gasteiger partial charge in [-0.2, -0.15) is 0 Å². The molecular weight excluding hydrogens is 367 g/mol. The average molecular weight is 382 g/mol. The SMILES string of the molecule is COc1ccc(C(=O)C=Cc2ccccc2F)c(OC(=O)c2cccs2)c1. The van der Waals surface area contributed by atoms with Gasteiger partial charge in [0.2, 0.25) is 0 Å². The van der Waals surface area contributed by atoms with E-state index in [-0.39, 0.29) is 16.9 Å². The van der Waals surface area contributed by atoms with Crippen LogP contribution in [0.25, 0.3) is 6.08 Å². The Morgan fingerprint density at radius 1 is 1.07 bits per heavy atom. The Bertz CT molecular complexity index is 993. The summed E-state index contributed by atoms with van der Waals surface area (Å²) in [6.45, 7) is 0. The van der Waals surface area contributed by atoms with Gasteiger partial charge in [-0.25, -0.2) is 9.18 Å². The fourth-order valence-corrected chi connectivity index (χ4v) is 2.93. The van der Waals surface area contributed by atoms with E-state index in [0.29, 0.717) is 10.6 Å². The van der Waals surface area contributed by atoms with E-state index in [1.165, 1.54) is 48.8 Å². The van der Waals surface area contributed by atoms with E-state index in [2.05, 4.69) is 0 Å². The van der Waals surface area contributed by atoms with E-state index in [1.54, 1.807) is 41.8 Å². The molecule has 0 N–H and O–H groups in total. The lowest BCUT2D eigenvalue weighted by Crippen LogP contribution is -2.10. The van der Waals surface area contributed by atoms with Crippen LogP contribution in [0, 0.1) is 5.82 Å². The number of methoxy groups -OCH3 is 1. The third-order valence-electron chi connectivity index (χ3n) is 3.70. The molecule has 3 aromatic rings. The van der Waals surface area contributed by atoms with Crippen LogP contribution in [-0.2, 0) is 0 Å². The number of benzene rings is 2. The molecule has 1 aromatic heterocycles. The summed E-state index contributed by atoms with van der Waals surface area (Å²) in [4.78, 5) is 25.2. The summed E-state index contributed by atoms with van der Waals surface area (Å²) < 4.78 is 24.2. The van der Waals surface area contributed by atoms with Gasteiger partial charge in [0.15, 0.2) is 5.78 Å². The summed E-state index contributed by atoms with van der Waals surface area (Å²) in [5.74, 6) is -0.893. The number of carbonyl (C=O) groups is 2. The molecule has 2 aromatic carbocycles. The number of hydrogen-bond acceptors (Lipinski definition) is 5. The van der Waals surface area contributed by atoms with Crippen LogP contribution in [0.3, 0.4) is 0 Å². The number of ether oxygens (including phenoxy) is 2. The highest BCUT2D eigenvalue weighted by Crippen LogP contribution is 2.27. The molecule has 0 aliphatic carbocycles. The summed E-state index contributed by atoms with van der Waals surface area (Å²) in [6, 6.07) is 14.0. The lowest BCUT2D eigenvalue weighted by atomic mass is 10.1. The van der Waals surface area contributed by atoms with Crippen LogP contribution in [-0.4, -0.2) is 18.9 Å². The summed E-state index contributed by atoms with van der Waals surface area (Å²) in [5.41, 5.74) is 0.463. The number of halogens is 1. The molecule has 6 heteroatoms. The summed E-state index contributed by atoms with van der Waals surface area (Å²) in [5, 5.41) is 1.76. The number of esters is 1. The zero-order chi connectivity index (χ0) is 19.2. The number of carbonyl (C=O) groups excluding carboxylic acids is 2. The fraction of sp³-hybridized carbons (Fsp3) is 0.0476. The predicted molar refractivity (Wildman–Crippen MR) is 102 cm³/mol. The van der Waals surface area contributed by atoms with Crippen LogP contribution in [0.2, 0.25) is 0 Å². The van der Waals surface area contributed by atoms with E-state index >= 15 is 0 Å². The monoisotopic (exact) mass is 382 g/mol. The molecule has 0 radical (unpaired) electrons. The molecule has 27 heavy (non-hydrogen) atoms. The topological polar surface area (TPSA) is 52.6 Å². The van der Waals surface area contributed by atoms with Crippen molar-refractivity contribution in [1.29, 1.82) is 0 Å². The van der Waals surface area contributed by atoms with Gasteiger partial charge in [0.25, 0.3) is 0 Å². The normalized spacial score (nSPS) is 10.7. The molecule has 0 saturated heterocycles. The molecule has 3 rings (SSSR count). The van der Waals surface area contributed by atoms with Gasteiger partial charge < -0.3 is 9.47 Å². The zero-order valence-electron chi connectivity index (χ0n) is 14.3. The number of rotatable bonds is 6. The molecule has 0 bridgehead atoms. The number of ketones is 1. The van der Waals surface area contributed by atoms with Crippen molar-refractivity contribution in [2.45, 2.75) is 0 Å². The quantitative estimate of drug-likeness (QED) is 0.260. The smallest absolute Gasteiger partial charge is 0.353 e. The molecular formula is C21H15FO4S. The fourth-order valence-electron chi connectivity index (χ4n) is 2.33. The maximum Gasteiger partial charge on any atom is 0.353 e. The minimum atomic E-state index is -0.564. The molecule has 1 heterocycles. The second-order valence-corrected chi connectivity index (χ2v) is 6.40. The van der Waals surface area contributed by atoms with Gasteiger partial charge in [0, 0.05) is 11.6 Å². The molecule has 0 saturated carbocycles. The molecule has 0 unspecified atom stereocenters. The van der Waals surface area contributed by atoms with Crippen molar-refractivity contribution in [3.8, 4) is 11.5 Å². The molecule has 0 atom stereocenters. The zero-order valence-corrected chi connectivity index (χ0v) is 15.2. The highest BCUT2D eigenvalue weighted by molar-refractivity contribution is 7.12. The van der Waals surface area contributed by atoms with Crippen LogP contribution < -0.4 is 9.47 Å². The van der Waals surface area contributed by atoms with Gasteiger partial charge in [-0.05, 0) is 41.8 Å². The Morgan fingerprint density at radius 2 is 1.89 bits per heavy atom. The Morgan fingerprint density at radius 3 is 2.59 bits per heavy atom. The third kappa shape index (κ3) is 4.48. The highest BCUT2D eigenvalue weighted by Gasteiger charge is 2.17. The van der Waals surface area contributed by atoms with E-state index in [9.17, 15) is 14.0 Å². The van der Waals surface area contributed by atoms with Crippen molar-refractivity contribution in [2.24, 2.45) is 0 Å². The molecule has 0 spiro atoms. The van der Waals surface area contributed by atoms with Crippen molar-refractivity contribution in [3.05, 3.63) is 87.9 Å². The standard InChI is InChI=1S/C21H15FO4S/c1-25-15-9-10-16(18(23)11-8-14-5-2-3-6-17(14)22)19(13-15)26-21(24)20-7-4-12-27-20/h2-13H,1H3. The first-order valence-corrected chi connectivity index (χ1v) is 8.87. The third-order valence-corrected chi connectivity index (χ3v) is 4.55. The largest absolute Gasteiger partial charge is 0.497 e. The number of hydrogen-bond donors (Lipinski definition) is 0. The van der Waals surface area contributed by atoms with Crippen molar-refractivity contribution < 1.29 is 23.5 Å². The van der Waals surface area contributed by atoms with Crippen LogP contribution in [0.5, 0.6) is 11.5 Å². The minimum Gasteiger partial charge on any atom is -0.497 e. The van der Waals surface area contributed by atoms with Crippen molar-refractivity contribution in [3.63, 3.8) is 0 Å². The van der Waals surface area contributed by atoms with Gasteiger partial charge >= 0.3 is 5.97 Å². The maximum atomic E-state index is 13.7. The van der Waals surface area contributed by atoms with Crippen molar-refractivity contribution >= 4 is 29.2 Å². The lowest BCUT2D eigenvalue weighted by Gasteiger charge is -2.09.